The molecule has 0 aliphatic carbocycles. The van der Waals surface area contributed by atoms with E-state index in [1.165, 1.54) is 13.1 Å². The Bertz CT molecular complexity index is 152. The SMILES string of the molecule is CCOCC1CN(CCCN)CC1C. The summed E-state index contributed by atoms with van der Waals surface area (Å²) < 4.78 is 5.49. The van der Waals surface area contributed by atoms with Gasteiger partial charge in [-0.2, -0.15) is 0 Å². The minimum absolute atomic E-state index is 0.729. The Hall–Kier alpha value is -0.120. The summed E-state index contributed by atoms with van der Waals surface area (Å²) in [6.45, 7) is 10.5. The predicted molar refractivity (Wildman–Crippen MR) is 59.3 cm³/mol. The molecule has 0 spiro atoms. The van der Waals surface area contributed by atoms with E-state index in [0.717, 1.165) is 44.6 Å². The maximum Gasteiger partial charge on any atom is 0.0509 e. The summed E-state index contributed by atoms with van der Waals surface area (Å²) in [4.78, 5) is 2.52. The monoisotopic (exact) mass is 200 g/mol. The number of nitrogens with zero attached hydrogens (tertiary/aromatic N) is 1. The van der Waals surface area contributed by atoms with E-state index < -0.39 is 0 Å². The minimum Gasteiger partial charge on any atom is -0.381 e. The normalized spacial score (nSPS) is 28.5. The molecule has 0 aromatic heterocycles. The van der Waals surface area contributed by atoms with Crippen LogP contribution in [-0.4, -0.2) is 44.3 Å². The fraction of sp³-hybridized carbons (Fsp3) is 1.00. The van der Waals surface area contributed by atoms with Crippen LogP contribution >= 0.6 is 0 Å². The van der Waals surface area contributed by atoms with Gasteiger partial charge in [0.05, 0.1) is 6.61 Å². The lowest BCUT2D eigenvalue weighted by atomic mass is 9.99. The highest BCUT2D eigenvalue weighted by atomic mass is 16.5. The van der Waals surface area contributed by atoms with Crippen molar-refractivity contribution in [1.82, 2.24) is 4.90 Å². The molecule has 84 valence electrons. The second-order valence-electron chi connectivity index (χ2n) is 4.30. The van der Waals surface area contributed by atoms with Crippen LogP contribution in [0.15, 0.2) is 0 Å². The molecule has 0 aromatic rings. The van der Waals surface area contributed by atoms with Gasteiger partial charge < -0.3 is 15.4 Å². The van der Waals surface area contributed by atoms with Crippen molar-refractivity contribution in [2.45, 2.75) is 20.3 Å². The van der Waals surface area contributed by atoms with Crippen LogP contribution in [-0.2, 0) is 4.74 Å². The summed E-state index contributed by atoms with van der Waals surface area (Å²) in [6, 6.07) is 0. The summed E-state index contributed by atoms with van der Waals surface area (Å²) in [6.07, 6.45) is 1.12. The molecule has 1 heterocycles. The van der Waals surface area contributed by atoms with Crippen LogP contribution < -0.4 is 5.73 Å². The number of rotatable bonds is 6. The van der Waals surface area contributed by atoms with Gasteiger partial charge in [0.2, 0.25) is 0 Å². The molecule has 1 fully saturated rings. The van der Waals surface area contributed by atoms with E-state index in [9.17, 15) is 0 Å². The first kappa shape index (κ1) is 12.0. The van der Waals surface area contributed by atoms with Crippen LogP contribution in [0, 0.1) is 11.8 Å². The van der Waals surface area contributed by atoms with Crippen LogP contribution in [0.3, 0.4) is 0 Å². The maximum atomic E-state index is 5.50. The van der Waals surface area contributed by atoms with Crippen molar-refractivity contribution >= 4 is 0 Å². The number of ether oxygens (including phenoxy) is 1. The molecule has 0 radical (unpaired) electrons. The summed E-state index contributed by atoms with van der Waals surface area (Å²) >= 11 is 0. The molecule has 3 nitrogen and oxygen atoms in total. The third-order valence-corrected chi connectivity index (χ3v) is 3.06. The van der Waals surface area contributed by atoms with Gasteiger partial charge in [0.1, 0.15) is 0 Å². The smallest absolute Gasteiger partial charge is 0.0509 e. The lowest BCUT2D eigenvalue weighted by Crippen LogP contribution is -2.24. The van der Waals surface area contributed by atoms with Gasteiger partial charge in [0.25, 0.3) is 0 Å². The first-order chi connectivity index (χ1) is 6.77. The van der Waals surface area contributed by atoms with Gasteiger partial charge in [-0.3, -0.25) is 0 Å². The summed E-state index contributed by atoms with van der Waals surface area (Å²) in [5, 5.41) is 0. The van der Waals surface area contributed by atoms with Crippen molar-refractivity contribution in [1.29, 1.82) is 0 Å². The molecule has 1 saturated heterocycles. The Morgan fingerprint density at radius 2 is 2.21 bits per heavy atom. The van der Waals surface area contributed by atoms with Gasteiger partial charge in [-0.05, 0) is 38.3 Å². The Kier molecular flexibility index (Phi) is 5.45. The van der Waals surface area contributed by atoms with Gasteiger partial charge >= 0.3 is 0 Å². The standard InChI is InChI=1S/C11H24N2O/c1-3-14-9-11-8-13(6-4-5-12)7-10(11)2/h10-11H,3-9,12H2,1-2H3. The Labute approximate surface area is 87.6 Å². The third-order valence-electron chi connectivity index (χ3n) is 3.06. The fourth-order valence-corrected chi connectivity index (χ4v) is 2.13. The molecular formula is C11H24N2O. The van der Waals surface area contributed by atoms with Crippen molar-refractivity contribution in [2.75, 3.05) is 39.4 Å². The van der Waals surface area contributed by atoms with Gasteiger partial charge in [0, 0.05) is 19.7 Å². The van der Waals surface area contributed by atoms with Crippen LogP contribution in [0.5, 0.6) is 0 Å². The summed E-state index contributed by atoms with van der Waals surface area (Å²) in [7, 11) is 0. The van der Waals surface area contributed by atoms with E-state index in [1.54, 1.807) is 0 Å². The topological polar surface area (TPSA) is 38.5 Å². The van der Waals surface area contributed by atoms with Gasteiger partial charge in [0.15, 0.2) is 0 Å². The largest absolute Gasteiger partial charge is 0.381 e. The van der Waals surface area contributed by atoms with Gasteiger partial charge in [-0.15, -0.1) is 0 Å². The molecule has 3 heteroatoms. The van der Waals surface area contributed by atoms with Crippen LogP contribution in [0.4, 0.5) is 0 Å². The molecule has 2 N–H and O–H groups in total. The van der Waals surface area contributed by atoms with E-state index >= 15 is 0 Å². The lowest BCUT2D eigenvalue weighted by Gasteiger charge is -2.15. The Morgan fingerprint density at radius 1 is 1.43 bits per heavy atom. The van der Waals surface area contributed by atoms with Crippen molar-refractivity contribution < 1.29 is 4.74 Å². The summed E-state index contributed by atoms with van der Waals surface area (Å²) in [5.41, 5.74) is 5.50. The molecule has 0 aromatic carbocycles. The molecule has 0 bridgehead atoms. The highest BCUT2D eigenvalue weighted by Gasteiger charge is 2.28. The van der Waals surface area contributed by atoms with E-state index in [1.807, 2.05) is 0 Å². The molecule has 14 heavy (non-hydrogen) atoms. The zero-order valence-electron chi connectivity index (χ0n) is 9.54. The average Bonchev–Trinajstić information content (AvgIpc) is 2.53. The fourth-order valence-electron chi connectivity index (χ4n) is 2.13. The molecule has 1 aliphatic rings. The number of nitrogens with two attached hydrogens (primary N) is 1. The van der Waals surface area contributed by atoms with E-state index in [4.69, 9.17) is 10.5 Å². The second kappa shape index (κ2) is 6.38. The highest BCUT2D eigenvalue weighted by Crippen LogP contribution is 2.22. The molecule has 1 rings (SSSR count). The molecule has 2 unspecified atom stereocenters. The highest BCUT2D eigenvalue weighted by molar-refractivity contribution is 4.81. The zero-order chi connectivity index (χ0) is 10.4. The first-order valence-electron chi connectivity index (χ1n) is 5.78. The summed E-state index contributed by atoms with van der Waals surface area (Å²) in [5.74, 6) is 1.51. The number of likely N-dealkylation sites (tertiary alicyclic amines) is 1. The van der Waals surface area contributed by atoms with Gasteiger partial charge in [-0.1, -0.05) is 6.92 Å². The maximum absolute atomic E-state index is 5.50. The molecule has 0 saturated carbocycles. The zero-order valence-corrected chi connectivity index (χ0v) is 9.54. The number of hydrogen-bond donors (Lipinski definition) is 1. The van der Waals surface area contributed by atoms with Crippen molar-refractivity contribution in [2.24, 2.45) is 17.6 Å². The van der Waals surface area contributed by atoms with Crippen molar-refractivity contribution in [3.05, 3.63) is 0 Å². The predicted octanol–water partition coefficient (Wildman–Crippen LogP) is 0.940. The van der Waals surface area contributed by atoms with Crippen LogP contribution in [0.1, 0.15) is 20.3 Å². The molecule has 0 amide bonds. The minimum atomic E-state index is 0.729. The van der Waals surface area contributed by atoms with Crippen molar-refractivity contribution in [3.8, 4) is 0 Å². The second-order valence-corrected chi connectivity index (χ2v) is 4.30. The van der Waals surface area contributed by atoms with Crippen molar-refractivity contribution in [3.63, 3.8) is 0 Å². The average molecular weight is 200 g/mol. The number of hydrogen-bond acceptors (Lipinski definition) is 3. The Morgan fingerprint density at radius 3 is 2.86 bits per heavy atom. The van der Waals surface area contributed by atoms with E-state index in [0.29, 0.717) is 0 Å². The van der Waals surface area contributed by atoms with Crippen LogP contribution in [0.25, 0.3) is 0 Å². The van der Waals surface area contributed by atoms with Crippen LogP contribution in [0.2, 0.25) is 0 Å². The molecular weight excluding hydrogens is 176 g/mol. The first-order valence-corrected chi connectivity index (χ1v) is 5.78. The van der Waals surface area contributed by atoms with E-state index in [-0.39, 0.29) is 0 Å². The molecule has 2 atom stereocenters. The third kappa shape index (κ3) is 3.56. The lowest BCUT2D eigenvalue weighted by molar-refractivity contribution is 0.101. The Balaban J connectivity index is 2.21. The quantitative estimate of drug-likeness (QED) is 0.693. The van der Waals surface area contributed by atoms with E-state index in [2.05, 4.69) is 18.7 Å². The van der Waals surface area contributed by atoms with Gasteiger partial charge in [-0.25, -0.2) is 0 Å². The molecule has 1 aliphatic heterocycles.